The van der Waals surface area contributed by atoms with Gasteiger partial charge in [-0.2, -0.15) is 0 Å². The number of benzene rings is 3. The number of hydrogen-bond acceptors (Lipinski definition) is 6. The first-order valence-corrected chi connectivity index (χ1v) is 12.4. The second kappa shape index (κ2) is 11.2. The molecule has 0 radical (unpaired) electrons. The van der Waals surface area contributed by atoms with E-state index in [4.69, 9.17) is 23.9 Å². The van der Waals surface area contributed by atoms with Crippen molar-refractivity contribution in [3.63, 3.8) is 0 Å². The van der Waals surface area contributed by atoms with Crippen LogP contribution < -0.4 is 14.2 Å². The molecule has 3 aromatic carbocycles. The van der Waals surface area contributed by atoms with Gasteiger partial charge in [0.05, 0.1) is 31.0 Å². The first kappa shape index (κ1) is 24.4. The normalized spacial score (nSPS) is 13.7. The average molecular weight is 496 g/mol. The third-order valence-corrected chi connectivity index (χ3v) is 6.45. The van der Waals surface area contributed by atoms with Crippen LogP contribution in [-0.2, 0) is 11.2 Å². The standard InChI is InChI=1S/C31H29NO5/c1-34-27-16-15-21(20-28(27)35-2)19-22-9-8-13-25-29(24-12-6-7-14-26(24)32-30(22)25)31(33)37-18-17-36-23-10-4-3-5-11-23/h3-7,10-12,14-16,19-20H,8-9,13,17-18H2,1-2H3. The molecule has 0 unspecified atom stereocenters. The number of esters is 1. The molecular weight excluding hydrogens is 466 g/mol. The van der Waals surface area contributed by atoms with Crippen molar-refractivity contribution >= 4 is 28.5 Å². The summed E-state index contributed by atoms with van der Waals surface area (Å²) in [4.78, 5) is 18.4. The van der Waals surface area contributed by atoms with E-state index in [1.165, 1.54) is 0 Å². The quantitative estimate of drug-likeness (QED) is 0.209. The Morgan fingerprint density at radius 1 is 0.892 bits per heavy atom. The van der Waals surface area contributed by atoms with Gasteiger partial charge < -0.3 is 18.9 Å². The molecule has 0 N–H and O–H groups in total. The van der Waals surface area contributed by atoms with E-state index in [0.717, 1.165) is 58.3 Å². The van der Waals surface area contributed by atoms with Gasteiger partial charge in [0.1, 0.15) is 19.0 Å². The molecule has 0 bridgehead atoms. The Morgan fingerprint density at radius 3 is 2.49 bits per heavy atom. The van der Waals surface area contributed by atoms with Crippen LogP contribution in [0.2, 0.25) is 0 Å². The molecule has 0 saturated carbocycles. The van der Waals surface area contributed by atoms with Gasteiger partial charge >= 0.3 is 5.97 Å². The lowest BCUT2D eigenvalue weighted by molar-refractivity contribution is 0.0451. The van der Waals surface area contributed by atoms with E-state index in [-0.39, 0.29) is 19.2 Å². The molecule has 0 amide bonds. The number of pyridine rings is 1. The Balaban J connectivity index is 1.46. The minimum atomic E-state index is -0.348. The molecule has 1 aromatic heterocycles. The molecule has 1 aliphatic rings. The first-order chi connectivity index (χ1) is 18.2. The van der Waals surface area contributed by atoms with E-state index in [1.54, 1.807) is 14.2 Å². The minimum Gasteiger partial charge on any atom is -0.493 e. The van der Waals surface area contributed by atoms with Gasteiger partial charge in [0.15, 0.2) is 11.5 Å². The lowest BCUT2D eigenvalue weighted by Gasteiger charge is -2.22. The van der Waals surface area contributed by atoms with Crippen molar-refractivity contribution in [2.24, 2.45) is 0 Å². The van der Waals surface area contributed by atoms with E-state index >= 15 is 0 Å². The summed E-state index contributed by atoms with van der Waals surface area (Å²) in [6, 6.07) is 23.1. The maximum absolute atomic E-state index is 13.4. The Kier molecular flexibility index (Phi) is 7.36. The van der Waals surface area contributed by atoms with Crippen molar-refractivity contribution in [2.45, 2.75) is 19.3 Å². The second-order valence-corrected chi connectivity index (χ2v) is 8.77. The topological polar surface area (TPSA) is 66.9 Å². The fourth-order valence-corrected chi connectivity index (χ4v) is 4.73. The highest BCUT2D eigenvalue weighted by molar-refractivity contribution is 6.06. The Labute approximate surface area is 216 Å². The highest BCUT2D eigenvalue weighted by Crippen LogP contribution is 2.37. The zero-order valence-corrected chi connectivity index (χ0v) is 21.0. The van der Waals surface area contributed by atoms with E-state index < -0.39 is 0 Å². The molecule has 0 saturated heterocycles. The molecule has 0 fully saturated rings. The third-order valence-electron chi connectivity index (χ3n) is 6.45. The van der Waals surface area contributed by atoms with Crippen molar-refractivity contribution in [1.29, 1.82) is 0 Å². The van der Waals surface area contributed by atoms with Crippen LogP contribution in [0, 0.1) is 0 Å². The van der Waals surface area contributed by atoms with Gasteiger partial charge in [0.25, 0.3) is 0 Å². The average Bonchev–Trinajstić information content (AvgIpc) is 2.94. The maximum Gasteiger partial charge on any atom is 0.339 e. The van der Waals surface area contributed by atoms with Gasteiger partial charge in [0, 0.05) is 5.39 Å². The fraction of sp³-hybridized carbons (Fsp3) is 0.226. The summed E-state index contributed by atoms with van der Waals surface area (Å²) in [6.07, 6.45) is 4.67. The highest BCUT2D eigenvalue weighted by atomic mass is 16.6. The number of nitrogens with zero attached hydrogens (tertiary/aromatic N) is 1. The van der Waals surface area contributed by atoms with Crippen LogP contribution in [0.25, 0.3) is 22.6 Å². The number of para-hydroxylation sites is 2. The number of hydrogen-bond donors (Lipinski definition) is 0. The first-order valence-electron chi connectivity index (χ1n) is 12.4. The predicted molar refractivity (Wildman–Crippen MR) is 144 cm³/mol. The van der Waals surface area contributed by atoms with Crippen molar-refractivity contribution in [3.8, 4) is 17.2 Å². The number of rotatable bonds is 8. The lowest BCUT2D eigenvalue weighted by Crippen LogP contribution is -2.17. The van der Waals surface area contributed by atoms with Crippen LogP contribution in [0.15, 0.2) is 72.8 Å². The zero-order chi connectivity index (χ0) is 25.6. The SMILES string of the molecule is COc1ccc(C=C2CCCc3c2nc2ccccc2c3C(=O)OCCOc2ccccc2)cc1OC. The number of methoxy groups -OCH3 is 2. The minimum absolute atomic E-state index is 0.160. The number of aromatic nitrogens is 1. The molecule has 0 spiro atoms. The number of carbonyl (C=O) groups excluding carboxylic acids is 1. The predicted octanol–water partition coefficient (Wildman–Crippen LogP) is 6.36. The molecule has 6 heteroatoms. The van der Waals surface area contributed by atoms with Crippen molar-refractivity contribution in [1.82, 2.24) is 4.98 Å². The van der Waals surface area contributed by atoms with Crippen LogP contribution in [0.5, 0.6) is 17.2 Å². The van der Waals surface area contributed by atoms with E-state index in [0.29, 0.717) is 17.1 Å². The van der Waals surface area contributed by atoms with Gasteiger partial charge in [-0.05, 0) is 72.4 Å². The molecule has 0 atom stereocenters. The van der Waals surface area contributed by atoms with Gasteiger partial charge in [-0.3, -0.25) is 0 Å². The fourth-order valence-electron chi connectivity index (χ4n) is 4.73. The van der Waals surface area contributed by atoms with Crippen LogP contribution in [0.3, 0.4) is 0 Å². The Morgan fingerprint density at radius 2 is 1.68 bits per heavy atom. The van der Waals surface area contributed by atoms with Crippen LogP contribution in [0.1, 0.15) is 40.0 Å². The monoisotopic (exact) mass is 495 g/mol. The maximum atomic E-state index is 13.4. The number of allylic oxidation sites excluding steroid dienone is 1. The lowest BCUT2D eigenvalue weighted by atomic mass is 9.86. The van der Waals surface area contributed by atoms with Gasteiger partial charge in [-0.1, -0.05) is 42.5 Å². The summed E-state index contributed by atoms with van der Waals surface area (Å²) < 4.78 is 22.2. The summed E-state index contributed by atoms with van der Waals surface area (Å²) in [5.74, 6) is 1.74. The third kappa shape index (κ3) is 5.28. The zero-order valence-electron chi connectivity index (χ0n) is 21.0. The molecule has 5 rings (SSSR count). The molecule has 4 aromatic rings. The summed E-state index contributed by atoms with van der Waals surface area (Å²) in [7, 11) is 3.25. The number of carbonyl (C=O) groups is 1. The van der Waals surface area contributed by atoms with Crippen molar-refractivity contribution in [2.75, 3.05) is 27.4 Å². The van der Waals surface area contributed by atoms with Gasteiger partial charge in [-0.15, -0.1) is 0 Å². The molecule has 1 heterocycles. The van der Waals surface area contributed by atoms with Crippen molar-refractivity contribution < 1.29 is 23.7 Å². The molecule has 1 aliphatic carbocycles. The van der Waals surface area contributed by atoms with E-state index in [1.807, 2.05) is 72.8 Å². The summed E-state index contributed by atoms with van der Waals surface area (Å²) in [5, 5.41) is 0.808. The second-order valence-electron chi connectivity index (χ2n) is 8.77. The summed E-state index contributed by atoms with van der Waals surface area (Å²) >= 11 is 0. The van der Waals surface area contributed by atoms with Crippen LogP contribution in [0.4, 0.5) is 0 Å². The van der Waals surface area contributed by atoms with Crippen LogP contribution in [-0.4, -0.2) is 38.4 Å². The van der Waals surface area contributed by atoms with E-state index in [2.05, 4.69) is 6.08 Å². The summed E-state index contributed by atoms with van der Waals surface area (Å²) in [5.41, 5.74) is 5.23. The largest absolute Gasteiger partial charge is 0.493 e. The highest BCUT2D eigenvalue weighted by Gasteiger charge is 2.26. The smallest absolute Gasteiger partial charge is 0.339 e. The molecule has 6 nitrogen and oxygen atoms in total. The molecule has 188 valence electrons. The number of fused-ring (bicyclic) bond motifs is 2. The van der Waals surface area contributed by atoms with Gasteiger partial charge in [-0.25, -0.2) is 9.78 Å². The molecule has 0 aliphatic heterocycles. The van der Waals surface area contributed by atoms with Crippen LogP contribution >= 0.6 is 0 Å². The van der Waals surface area contributed by atoms with Gasteiger partial charge in [0.2, 0.25) is 0 Å². The van der Waals surface area contributed by atoms with Crippen molar-refractivity contribution in [3.05, 3.63) is 95.2 Å². The Bertz CT molecular complexity index is 1450. The summed E-state index contributed by atoms with van der Waals surface area (Å²) in [6.45, 7) is 0.443. The molecular formula is C31H29NO5. The Hall–Kier alpha value is -4.32. The number of ether oxygens (including phenoxy) is 4. The molecule has 37 heavy (non-hydrogen) atoms. The van der Waals surface area contributed by atoms with E-state index in [9.17, 15) is 4.79 Å².